The van der Waals surface area contributed by atoms with Crippen LogP contribution in [0, 0.1) is 0 Å². The van der Waals surface area contributed by atoms with Crippen LogP contribution in [0.2, 0.25) is 0 Å². The highest BCUT2D eigenvalue weighted by atomic mass is 32.1. The first kappa shape index (κ1) is 14.0. The highest BCUT2D eigenvalue weighted by Crippen LogP contribution is 2.12. The minimum Gasteiger partial charge on any atom is -0.448 e. The number of rotatable bonds is 5. The summed E-state index contributed by atoms with van der Waals surface area (Å²) in [6.07, 6.45) is 1.28. The largest absolute Gasteiger partial charge is 0.448 e. The van der Waals surface area contributed by atoms with Gasteiger partial charge in [0.15, 0.2) is 6.10 Å². The van der Waals surface area contributed by atoms with Gasteiger partial charge >= 0.3 is 5.97 Å². The minimum absolute atomic E-state index is 0.0872. The second-order valence-corrected chi connectivity index (χ2v) is 5.35. The molecule has 1 aliphatic rings. The van der Waals surface area contributed by atoms with E-state index in [1.54, 1.807) is 24.4 Å². The number of hydrogen-bond donors (Lipinski definition) is 1. The Balaban J connectivity index is 1.74. The average molecular weight is 283 g/mol. The number of esters is 1. The topological polar surface area (TPSA) is 64.6 Å². The molecule has 104 valence electrons. The number of nitrogens with one attached hydrogen (secondary N) is 1. The van der Waals surface area contributed by atoms with Gasteiger partial charge in [0, 0.05) is 13.2 Å². The molecule has 5 nitrogen and oxygen atoms in total. The molecule has 0 bridgehead atoms. The van der Waals surface area contributed by atoms with E-state index < -0.39 is 12.1 Å². The lowest BCUT2D eigenvalue weighted by molar-refractivity contribution is -0.129. The molecular weight excluding hydrogens is 266 g/mol. The van der Waals surface area contributed by atoms with E-state index in [1.165, 1.54) is 11.3 Å². The molecule has 2 rings (SSSR count). The zero-order valence-corrected chi connectivity index (χ0v) is 11.6. The van der Waals surface area contributed by atoms with E-state index in [2.05, 4.69) is 5.32 Å². The second-order valence-electron chi connectivity index (χ2n) is 4.41. The van der Waals surface area contributed by atoms with Crippen molar-refractivity contribution in [1.82, 2.24) is 5.32 Å². The number of ether oxygens (including phenoxy) is 2. The van der Waals surface area contributed by atoms with E-state index in [0.29, 0.717) is 11.4 Å². The Labute approximate surface area is 115 Å². The smallest absolute Gasteiger partial charge is 0.349 e. The molecule has 1 aliphatic heterocycles. The Hall–Kier alpha value is -1.40. The number of carbonyl (C=O) groups is 2. The summed E-state index contributed by atoms with van der Waals surface area (Å²) in [7, 11) is 0. The van der Waals surface area contributed by atoms with Gasteiger partial charge in [-0.3, -0.25) is 4.79 Å². The summed E-state index contributed by atoms with van der Waals surface area (Å²) in [5.74, 6) is -0.754. The quantitative estimate of drug-likeness (QED) is 0.833. The molecule has 1 aromatic rings. The lowest BCUT2D eigenvalue weighted by Gasteiger charge is -2.15. The first-order chi connectivity index (χ1) is 9.16. The zero-order valence-electron chi connectivity index (χ0n) is 10.8. The van der Waals surface area contributed by atoms with Gasteiger partial charge in [-0.2, -0.15) is 0 Å². The fourth-order valence-electron chi connectivity index (χ4n) is 1.83. The molecule has 19 heavy (non-hydrogen) atoms. The van der Waals surface area contributed by atoms with E-state index in [-0.39, 0.29) is 12.0 Å². The van der Waals surface area contributed by atoms with Gasteiger partial charge in [-0.15, -0.1) is 11.3 Å². The summed E-state index contributed by atoms with van der Waals surface area (Å²) < 4.78 is 10.5. The number of amides is 1. The number of hydrogen-bond acceptors (Lipinski definition) is 5. The summed E-state index contributed by atoms with van der Waals surface area (Å²) in [4.78, 5) is 23.9. The van der Waals surface area contributed by atoms with Gasteiger partial charge in [-0.1, -0.05) is 6.07 Å². The molecule has 2 heterocycles. The van der Waals surface area contributed by atoms with Crippen molar-refractivity contribution in [3.05, 3.63) is 22.4 Å². The van der Waals surface area contributed by atoms with Gasteiger partial charge in [0.05, 0.1) is 6.10 Å². The highest BCUT2D eigenvalue weighted by Gasteiger charge is 2.21. The van der Waals surface area contributed by atoms with Crippen molar-refractivity contribution in [2.24, 2.45) is 0 Å². The molecule has 0 spiro atoms. The molecule has 2 atom stereocenters. The normalized spacial score (nSPS) is 19.9. The molecule has 1 N–H and O–H groups in total. The summed E-state index contributed by atoms with van der Waals surface area (Å²) in [5.41, 5.74) is 0. The van der Waals surface area contributed by atoms with E-state index >= 15 is 0 Å². The zero-order chi connectivity index (χ0) is 13.7. The SMILES string of the molecule is C[C@H](OC(=O)c1cccs1)C(=O)NC[C@H]1CCCO1. The Kier molecular flexibility index (Phi) is 4.93. The Morgan fingerprint density at radius 3 is 3.11 bits per heavy atom. The van der Waals surface area contributed by atoms with Crippen LogP contribution in [-0.4, -0.2) is 37.2 Å². The Morgan fingerprint density at radius 1 is 1.63 bits per heavy atom. The predicted molar refractivity (Wildman–Crippen MR) is 71.2 cm³/mol. The molecule has 1 saturated heterocycles. The monoisotopic (exact) mass is 283 g/mol. The van der Waals surface area contributed by atoms with Crippen LogP contribution in [0.5, 0.6) is 0 Å². The van der Waals surface area contributed by atoms with Crippen LogP contribution in [0.25, 0.3) is 0 Å². The van der Waals surface area contributed by atoms with Crippen molar-refractivity contribution < 1.29 is 19.1 Å². The highest BCUT2D eigenvalue weighted by molar-refractivity contribution is 7.11. The summed E-state index contributed by atoms with van der Waals surface area (Å²) in [5, 5.41) is 4.53. The molecule has 0 saturated carbocycles. The molecule has 0 aromatic carbocycles. The standard InChI is InChI=1S/C13H17NO4S/c1-9(18-13(16)11-5-3-7-19-11)12(15)14-8-10-4-2-6-17-10/h3,5,7,9-10H,2,4,6,8H2,1H3,(H,14,15)/t9-,10+/m0/s1. The van der Waals surface area contributed by atoms with Gasteiger partial charge < -0.3 is 14.8 Å². The van der Waals surface area contributed by atoms with E-state index in [9.17, 15) is 9.59 Å². The molecule has 0 aliphatic carbocycles. The molecule has 0 unspecified atom stereocenters. The van der Waals surface area contributed by atoms with E-state index in [4.69, 9.17) is 9.47 Å². The van der Waals surface area contributed by atoms with Crippen LogP contribution in [0.3, 0.4) is 0 Å². The van der Waals surface area contributed by atoms with Crippen LogP contribution in [0.1, 0.15) is 29.4 Å². The van der Waals surface area contributed by atoms with Gasteiger partial charge in [-0.25, -0.2) is 4.79 Å². The first-order valence-electron chi connectivity index (χ1n) is 6.30. The maximum Gasteiger partial charge on any atom is 0.349 e. The number of thiophene rings is 1. The maximum absolute atomic E-state index is 11.8. The Morgan fingerprint density at radius 2 is 2.47 bits per heavy atom. The van der Waals surface area contributed by atoms with Crippen molar-refractivity contribution >= 4 is 23.2 Å². The van der Waals surface area contributed by atoms with E-state index in [0.717, 1.165) is 19.4 Å². The molecule has 1 aromatic heterocycles. The first-order valence-corrected chi connectivity index (χ1v) is 7.18. The summed E-state index contributed by atoms with van der Waals surface area (Å²) in [6, 6.07) is 3.44. The van der Waals surface area contributed by atoms with Crippen molar-refractivity contribution in [3.8, 4) is 0 Å². The maximum atomic E-state index is 11.8. The van der Waals surface area contributed by atoms with Crippen LogP contribution in [0.15, 0.2) is 17.5 Å². The van der Waals surface area contributed by atoms with Gasteiger partial charge in [0.1, 0.15) is 4.88 Å². The van der Waals surface area contributed by atoms with Crippen LogP contribution < -0.4 is 5.32 Å². The summed E-state index contributed by atoms with van der Waals surface area (Å²) >= 11 is 1.29. The molecule has 1 amide bonds. The van der Waals surface area contributed by atoms with Crippen molar-refractivity contribution in [3.63, 3.8) is 0 Å². The van der Waals surface area contributed by atoms with E-state index in [1.807, 2.05) is 0 Å². The van der Waals surface area contributed by atoms with Crippen molar-refractivity contribution in [2.45, 2.75) is 32.0 Å². The van der Waals surface area contributed by atoms with Gasteiger partial charge in [-0.05, 0) is 31.2 Å². The van der Waals surface area contributed by atoms with Crippen LogP contribution in [0.4, 0.5) is 0 Å². The Bertz CT molecular complexity index is 426. The lowest BCUT2D eigenvalue weighted by Crippen LogP contribution is -2.39. The number of carbonyl (C=O) groups excluding carboxylic acids is 2. The third-order valence-corrected chi connectivity index (χ3v) is 3.75. The van der Waals surface area contributed by atoms with Crippen LogP contribution >= 0.6 is 11.3 Å². The van der Waals surface area contributed by atoms with Crippen LogP contribution in [-0.2, 0) is 14.3 Å². The lowest BCUT2D eigenvalue weighted by atomic mass is 10.2. The average Bonchev–Trinajstić information content (AvgIpc) is 3.08. The predicted octanol–water partition coefficient (Wildman–Crippen LogP) is 1.59. The molecular formula is C13H17NO4S. The second kappa shape index (κ2) is 6.68. The van der Waals surface area contributed by atoms with Gasteiger partial charge in [0.25, 0.3) is 5.91 Å². The van der Waals surface area contributed by atoms with Gasteiger partial charge in [0.2, 0.25) is 0 Å². The van der Waals surface area contributed by atoms with Crippen molar-refractivity contribution in [1.29, 1.82) is 0 Å². The summed E-state index contributed by atoms with van der Waals surface area (Å²) in [6.45, 7) is 2.79. The fourth-order valence-corrected chi connectivity index (χ4v) is 2.44. The third-order valence-electron chi connectivity index (χ3n) is 2.90. The molecule has 6 heteroatoms. The minimum atomic E-state index is -0.795. The van der Waals surface area contributed by atoms with Crippen molar-refractivity contribution in [2.75, 3.05) is 13.2 Å². The molecule has 1 fully saturated rings. The third kappa shape index (κ3) is 4.04. The fraction of sp³-hybridized carbons (Fsp3) is 0.538. The molecule has 0 radical (unpaired) electrons.